The molecule has 0 atom stereocenters. The molecule has 2 aromatic carbocycles. The molecular weight excluding hydrogens is 384 g/mol. The molecule has 0 aromatic heterocycles. The fraction of sp³-hybridized carbons (Fsp3) is 0.391. The molecule has 30 heavy (non-hydrogen) atoms. The fourth-order valence-corrected chi connectivity index (χ4v) is 3.40. The van der Waals surface area contributed by atoms with Crippen LogP contribution in [0.3, 0.4) is 0 Å². The van der Waals surface area contributed by atoms with Gasteiger partial charge in [0.25, 0.3) is 5.91 Å². The van der Waals surface area contributed by atoms with Gasteiger partial charge in [-0.15, -0.1) is 0 Å². The van der Waals surface area contributed by atoms with Crippen molar-refractivity contribution in [3.8, 4) is 17.2 Å². The number of hydrogen-bond donors (Lipinski definition) is 1. The maximum absolute atomic E-state index is 12.9. The molecular formula is C23H28N2O5. The van der Waals surface area contributed by atoms with Crippen LogP contribution < -0.4 is 24.4 Å². The first-order valence-corrected chi connectivity index (χ1v) is 10.4. The van der Waals surface area contributed by atoms with E-state index in [2.05, 4.69) is 5.32 Å². The molecule has 0 spiro atoms. The summed E-state index contributed by atoms with van der Waals surface area (Å²) in [5.41, 5.74) is 1.79. The molecule has 1 N–H and O–H groups in total. The first-order chi connectivity index (χ1) is 14.6. The lowest BCUT2D eigenvalue weighted by molar-refractivity contribution is -0.117. The highest BCUT2D eigenvalue weighted by Gasteiger charge is 2.22. The highest BCUT2D eigenvalue weighted by atomic mass is 16.5. The van der Waals surface area contributed by atoms with E-state index in [4.69, 9.17) is 14.2 Å². The molecule has 160 valence electrons. The lowest BCUT2D eigenvalue weighted by Gasteiger charge is -2.18. The van der Waals surface area contributed by atoms with Gasteiger partial charge in [-0.3, -0.25) is 9.59 Å². The Morgan fingerprint density at radius 1 is 1.00 bits per heavy atom. The number of nitrogens with zero attached hydrogens (tertiary/aromatic N) is 1. The standard InChI is InChI=1S/C23H28N2O5/c1-4-28-19-13-16(14-20(29-5-2)22(19)30-6-3)23(27)24-17-9-7-10-18(15-17)25-12-8-11-21(25)26/h7,9-10,13-15H,4-6,8,11-12H2,1-3H3,(H,24,27). The minimum atomic E-state index is -0.301. The van der Waals surface area contributed by atoms with Crippen LogP contribution in [0, 0.1) is 0 Å². The van der Waals surface area contributed by atoms with Gasteiger partial charge < -0.3 is 24.4 Å². The van der Waals surface area contributed by atoms with Gasteiger partial charge in [0.05, 0.1) is 19.8 Å². The molecule has 0 unspecified atom stereocenters. The Balaban J connectivity index is 1.86. The minimum absolute atomic E-state index is 0.104. The first-order valence-electron chi connectivity index (χ1n) is 10.4. The zero-order chi connectivity index (χ0) is 21.5. The van der Waals surface area contributed by atoms with Gasteiger partial charge in [0.1, 0.15) is 0 Å². The van der Waals surface area contributed by atoms with Crippen LogP contribution in [0.4, 0.5) is 11.4 Å². The Labute approximate surface area is 176 Å². The van der Waals surface area contributed by atoms with Gasteiger partial charge in [0.15, 0.2) is 11.5 Å². The third-order valence-electron chi connectivity index (χ3n) is 4.66. The SMILES string of the molecule is CCOc1cc(C(=O)Nc2cccc(N3CCCC3=O)c2)cc(OCC)c1OCC. The van der Waals surface area contributed by atoms with Crippen LogP contribution in [0.1, 0.15) is 44.0 Å². The predicted octanol–water partition coefficient (Wildman–Crippen LogP) is 4.26. The van der Waals surface area contributed by atoms with Crippen molar-refractivity contribution in [2.45, 2.75) is 33.6 Å². The normalized spacial score (nSPS) is 13.3. The zero-order valence-corrected chi connectivity index (χ0v) is 17.7. The number of rotatable bonds is 9. The van der Waals surface area contributed by atoms with Crippen molar-refractivity contribution in [3.63, 3.8) is 0 Å². The molecule has 1 aliphatic rings. The molecule has 2 amide bonds. The molecule has 0 radical (unpaired) electrons. The fourth-order valence-electron chi connectivity index (χ4n) is 3.40. The third-order valence-corrected chi connectivity index (χ3v) is 4.66. The van der Waals surface area contributed by atoms with E-state index in [9.17, 15) is 9.59 Å². The maximum atomic E-state index is 12.9. The third kappa shape index (κ3) is 4.84. The molecule has 0 bridgehead atoms. The van der Waals surface area contributed by atoms with Gasteiger partial charge in [0, 0.05) is 29.9 Å². The van der Waals surface area contributed by atoms with Crippen LogP contribution >= 0.6 is 0 Å². The second kappa shape index (κ2) is 10.0. The topological polar surface area (TPSA) is 77.1 Å². The van der Waals surface area contributed by atoms with Gasteiger partial charge >= 0.3 is 0 Å². The van der Waals surface area contributed by atoms with E-state index in [-0.39, 0.29) is 11.8 Å². The number of amides is 2. The number of nitrogens with one attached hydrogen (secondary N) is 1. The number of anilines is 2. The molecule has 1 aliphatic heterocycles. The van der Waals surface area contributed by atoms with E-state index in [0.29, 0.717) is 61.3 Å². The van der Waals surface area contributed by atoms with Crippen molar-refractivity contribution in [1.82, 2.24) is 0 Å². The van der Waals surface area contributed by atoms with Crippen molar-refractivity contribution in [2.24, 2.45) is 0 Å². The second-order valence-electron chi connectivity index (χ2n) is 6.75. The summed E-state index contributed by atoms with van der Waals surface area (Å²) in [6.45, 7) is 7.63. The monoisotopic (exact) mass is 412 g/mol. The lowest BCUT2D eigenvalue weighted by Crippen LogP contribution is -2.23. The maximum Gasteiger partial charge on any atom is 0.255 e. The number of carbonyl (C=O) groups excluding carboxylic acids is 2. The Morgan fingerprint density at radius 3 is 2.23 bits per heavy atom. The Kier molecular flexibility index (Phi) is 7.17. The summed E-state index contributed by atoms with van der Waals surface area (Å²) in [5.74, 6) is 1.23. The van der Waals surface area contributed by atoms with Gasteiger partial charge in [-0.2, -0.15) is 0 Å². The Hall–Kier alpha value is -3.22. The summed E-state index contributed by atoms with van der Waals surface area (Å²) in [5, 5.41) is 2.90. The van der Waals surface area contributed by atoms with E-state index in [0.717, 1.165) is 12.1 Å². The largest absolute Gasteiger partial charge is 0.490 e. The van der Waals surface area contributed by atoms with Crippen LogP contribution in [0.25, 0.3) is 0 Å². The van der Waals surface area contributed by atoms with E-state index >= 15 is 0 Å². The number of benzene rings is 2. The lowest BCUT2D eigenvalue weighted by atomic mass is 10.1. The smallest absolute Gasteiger partial charge is 0.255 e. The number of carbonyl (C=O) groups is 2. The van der Waals surface area contributed by atoms with E-state index in [1.807, 2.05) is 39.0 Å². The summed E-state index contributed by atoms with van der Waals surface area (Å²) in [7, 11) is 0. The summed E-state index contributed by atoms with van der Waals surface area (Å²) in [6, 6.07) is 10.6. The molecule has 0 aliphatic carbocycles. The van der Waals surface area contributed by atoms with Crippen molar-refractivity contribution < 1.29 is 23.8 Å². The average molecular weight is 412 g/mol. The van der Waals surface area contributed by atoms with Gasteiger partial charge in [-0.05, 0) is 57.5 Å². The highest BCUT2D eigenvalue weighted by Crippen LogP contribution is 2.39. The van der Waals surface area contributed by atoms with Crippen LogP contribution in [-0.4, -0.2) is 38.2 Å². The Bertz CT molecular complexity index is 885. The molecule has 1 fully saturated rings. The van der Waals surface area contributed by atoms with E-state index < -0.39 is 0 Å². The zero-order valence-electron chi connectivity index (χ0n) is 17.7. The van der Waals surface area contributed by atoms with Gasteiger partial charge in [-0.25, -0.2) is 0 Å². The summed E-state index contributed by atoms with van der Waals surface area (Å²) >= 11 is 0. The van der Waals surface area contributed by atoms with Gasteiger partial charge in [-0.1, -0.05) is 6.07 Å². The number of hydrogen-bond acceptors (Lipinski definition) is 5. The van der Waals surface area contributed by atoms with E-state index in [1.54, 1.807) is 23.1 Å². The molecule has 2 aromatic rings. The van der Waals surface area contributed by atoms with Crippen LogP contribution in [0.5, 0.6) is 17.2 Å². The molecule has 1 heterocycles. The van der Waals surface area contributed by atoms with E-state index in [1.165, 1.54) is 0 Å². The molecule has 7 heteroatoms. The van der Waals surface area contributed by atoms with Crippen LogP contribution in [0.2, 0.25) is 0 Å². The van der Waals surface area contributed by atoms with Crippen molar-refractivity contribution in [2.75, 3.05) is 36.6 Å². The van der Waals surface area contributed by atoms with Crippen LogP contribution in [0.15, 0.2) is 36.4 Å². The second-order valence-corrected chi connectivity index (χ2v) is 6.75. The first kappa shape index (κ1) is 21.5. The minimum Gasteiger partial charge on any atom is -0.490 e. The molecule has 7 nitrogen and oxygen atoms in total. The molecule has 1 saturated heterocycles. The van der Waals surface area contributed by atoms with Crippen molar-refractivity contribution >= 4 is 23.2 Å². The van der Waals surface area contributed by atoms with Crippen molar-refractivity contribution in [3.05, 3.63) is 42.0 Å². The summed E-state index contributed by atoms with van der Waals surface area (Å²) in [4.78, 5) is 26.7. The molecule has 0 saturated carbocycles. The van der Waals surface area contributed by atoms with Crippen molar-refractivity contribution in [1.29, 1.82) is 0 Å². The molecule has 3 rings (SSSR count). The highest BCUT2D eigenvalue weighted by molar-refractivity contribution is 6.05. The average Bonchev–Trinajstić information content (AvgIpc) is 3.16. The summed E-state index contributed by atoms with van der Waals surface area (Å²) in [6.07, 6.45) is 1.41. The van der Waals surface area contributed by atoms with Crippen LogP contribution in [-0.2, 0) is 4.79 Å². The predicted molar refractivity (Wildman–Crippen MR) is 116 cm³/mol. The number of ether oxygens (including phenoxy) is 3. The Morgan fingerprint density at radius 2 is 1.67 bits per heavy atom. The van der Waals surface area contributed by atoms with Gasteiger partial charge in [0.2, 0.25) is 11.7 Å². The quantitative estimate of drug-likeness (QED) is 0.666. The summed E-state index contributed by atoms with van der Waals surface area (Å²) < 4.78 is 17.1.